The second kappa shape index (κ2) is 10.3. The van der Waals surface area contributed by atoms with Crippen molar-refractivity contribution in [3.8, 4) is 0 Å². The predicted octanol–water partition coefficient (Wildman–Crippen LogP) is 2.40. The monoisotopic (exact) mass is 368 g/mol. The first-order valence-corrected chi connectivity index (χ1v) is 8.14. The minimum Gasteiger partial charge on any atom is -0.346 e. The standard InChI is InChI=1S/C14H24N4OS.2ClH/c1-11(2)10-12(15)13(19)17-5-3-6-18(8-7-17)14-16-4-9-20-14;;/h4,9,11-12H,3,5-8,10,15H2,1-2H3;2*1H/t12-;;/m0../s1. The van der Waals surface area contributed by atoms with Crippen molar-refractivity contribution in [3.05, 3.63) is 11.6 Å². The largest absolute Gasteiger partial charge is 0.346 e. The number of rotatable bonds is 4. The summed E-state index contributed by atoms with van der Waals surface area (Å²) in [6.07, 6.45) is 3.55. The van der Waals surface area contributed by atoms with Crippen molar-refractivity contribution in [1.29, 1.82) is 0 Å². The highest BCUT2D eigenvalue weighted by Gasteiger charge is 2.24. The molecule has 22 heavy (non-hydrogen) atoms. The molecule has 5 nitrogen and oxygen atoms in total. The van der Waals surface area contributed by atoms with Crippen molar-refractivity contribution < 1.29 is 4.79 Å². The van der Waals surface area contributed by atoms with E-state index >= 15 is 0 Å². The summed E-state index contributed by atoms with van der Waals surface area (Å²) in [4.78, 5) is 20.9. The number of nitrogens with zero attached hydrogens (tertiary/aromatic N) is 3. The van der Waals surface area contributed by atoms with Crippen LogP contribution in [-0.4, -0.2) is 48.0 Å². The summed E-state index contributed by atoms with van der Waals surface area (Å²) in [7, 11) is 0. The number of nitrogens with two attached hydrogens (primary N) is 1. The number of amides is 1. The molecule has 1 atom stereocenters. The van der Waals surface area contributed by atoms with Crippen molar-refractivity contribution in [1.82, 2.24) is 9.88 Å². The van der Waals surface area contributed by atoms with E-state index in [1.54, 1.807) is 11.3 Å². The zero-order chi connectivity index (χ0) is 14.5. The molecule has 2 heterocycles. The van der Waals surface area contributed by atoms with Crippen molar-refractivity contribution in [3.63, 3.8) is 0 Å². The van der Waals surface area contributed by atoms with Gasteiger partial charge < -0.3 is 15.5 Å². The molecule has 1 fully saturated rings. The molecule has 1 aliphatic heterocycles. The zero-order valence-corrected chi connectivity index (χ0v) is 15.6. The Hall–Kier alpha value is -0.560. The summed E-state index contributed by atoms with van der Waals surface area (Å²) in [5.41, 5.74) is 6.01. The second-order valence-corrected chi connectivity index (χ2v) is 6.59. The van der Waals surface area contributed by atoms with Crippen LogP contribution in [0.4, 0.5) is 5.13 Å². The fourth-order valence-electron chi connectivity index (χ4n) is 2.54. The van der Waals surface area contributed by atoms with E-state index in [0.29, 0.717) is 5.92 Å². The lowest BCUT2D eigenvalue weighted by Gasteiger charge is -2.25. The fraction of sp³-hybridized carbons (Fsp3) is 0.714. The number of aromatic nitrogens is 1. The lowest BCUT2D eigenvalue weighted by atomic mass is 10.0. The van der Waals surface area contributed by atoms with Gasteiger partial charge in [0.1, 0.15) is 0 Å². The first-order chi connectivity index (χ1) is 9.58. The van der Waals surface area contributed by atoms with Gasteiger partial charge in [0.25, 0.3) is 0 Å². The number of carbonyl (C=O) groups is 1. The van der Waals surface area contributed by atoms with Crippen LogP contribution >= 0.6 is 36.2 Å². The summed E-state index contributed by atoms with van der Waals surface area (Å²) < 4.78 is 0. The number of carbonyl (C=O) groups excluding carboxylic acids is 1. The van der Waals surface area contributed by atoms with Crippen LogP contribution < -0.4 is 10.6 Å². The van der Waals surface area contributed by atoms with Gasteiger partial charge in [-0.15, -0.1) is 36.2 Å². The third-order valence-corrected chi connectivity index (χ3v) is 4.37. The maximum absolute atomic E-state index is 12.3. The van der Waals surface area contributed by atoms with E-state index in [-0.39, 0.29) is 36.8 Å². The van der Waals surface area contributed by atoms with Crippen LogP contribution in [0.5, 0.6) is 0 Å². The molecule has 0 radical (unpaired) electrons. The van der Waals surface area contributed by atoms with E-state index in [2.05, 4.69) is 23.7 Å². The molecule has 1 amide bonds. The van der Waals surface area contributed by atoms with E-state index in [1.165, 1.54) is 0 Å². The molecule has 0 unspecified atom stereocenters. The Morgan fingerprint density at radius 2 is 2.05 bits per heavy atom. The predicted molar refractivity (Wildman–Crippen MR) is 97.5 cm³/mol. The van der Waals surface area contributed by atoms with Crippen molar-refractivity contribution in [2.45, 2.75) is 32.7 Å². The maximum atomic E-state index is 12.3. The molecule has 2 N–H and O–H groups in total. The van der Waals surface area contributed by atoms with Gasteiger partial charge in [-0.2, -0.15) is 0 Å². The van der Waals surface area contributed by atoms with Gasteiger partial charge in [0.05, 0.1) is 6.04 Å². The Morgan fingerprint density at radius 1 is 1.32 bits per heavy atom. The van der Waals surface area contributed by atoms with E-state index in [0.717, 1.165) is 44.2 Å². The van der Waals surface area contributed by atoms with Crippen LogP contribution in [-0.2, 0) is 4.79 Å². The first-order valence-electron chi connectivity index (χ1n) is 7.26. The van der Waals surface area contributed by atoms with Crippen molar-refractivity contribution in [2.24, 2.45) is 11.7 Å². The van der Waals surface area contributed by atoms with Gasteiger partial charge in [-0.25, -0.2) is 4.98 Å². The molecule has 1 aliphatic rings. The third kappa shape index (κ3) is 5.91. The maximum Gasteiger partial charge on any atom is 0.239 e. The Balaban J connectivity index is 0.00000220. The van der Waals surface area contributed by atoms with Crippen LogP contribution in [0.25, 0.3) is 0 Å². The Morgan fingerprint density at radius 3 is 2.64 bits per heavy atom. The molecule has 0 saturated carbocycles. The van der Waals surface area contributed by atoms with Crippen LogP contribution in [0.15, 0.2) is 11.6 Å². The highest BCUT2D eigenvalue weighted by molar-refractivity contribution is 7.13. The van der Waals surface area contributed by atoms with Crippen molar-refractivity contribution in [2.75, 3.05) is 31.1 Å². The van der Waals surface area contributed by atoms with E-state index in [4.69, 9.17) is 5.73 Å². The van der Waals surface area contributed by atoms with Gasteiger partial charge in [-0.1, -0.05) is 13.8 Å². The number of hydrogen-bond donors (Lipinski definition) is 1. The molecule has 0 aromatic carbocycles. The number of anilines is 1. The number of hydrogen-bond acceptors (Lipinski definition) is 5. The number of halogens is 2. The summed E-state index contributed by atoms with van der Waals surface area (Å²) in [5, 5.41) is 3.03. The van der Waals surface area contributed by atoms with Crippen LogP contribution in [0, 0.1) is 5.92 Å². The number of thiazole rings is 1. The average Bonchev–Trinajstić information content (AvgIpc) is 2.82. The molecule has 8 heteroatoms. The summed E-state index contributed by atoms with van der Waals surface area (Å²) in [5.74, 6) is 0.549. The highest BCUT2D eigenvalue weighted by Crippen LogP contribution is 2.19. The summed E-state index contributed by atoms with van der Waals surface area (Å²) >= 11 is 1.65. The molecule has 2 rings (SSSR count). The normalized spacial score (nSPS) is 16.5. The molecule has 1 saturated heterocycles. The third-order valence-electron chi connectivity index (χ3n) is 3.54. The topological polar surface area (TPSA) is 62.5 Å². The lowest BCUT2D eigenvalue weighted by Crippen LogP contribution is -2.45. The Bertz CT molecular complexity index is 430. The minimum absolute atomic E-state index is 0. The SMILES string of the molecule is CC(C)C[C@H](N)C(=O)N1CCCN(c2nccs2)CC1.Cl.Cl. The molecular weight excluding hydrogens is 343 g/mol. The van der Waals surface area contributed by atoms with Gasteiger partial charge in [0.2, 0.25) is 5.91 Å². The van der Waals surface area contributed by atoms with Gasteiger partial charge >= 0.3 is 0 Å². The molecule has 0 bridgehead atoms. The van der Waals surface area contributed by atoms with E-state index in [1.807, 2.05) is 16.5 Å². The van der Waals surface area contributed by atoms with Crippen LogP contribution in [0.1, 0.15) is 26.7 Å². The zero-order valence-electron chi connectivity index (χ0n) is 13.1. The van der Waals surface area contributed by atoms with Gasteiger partial charge in [-0.05, 0) is 18.8 Å². The quantitative estimate of drug-likeness (QED) is 0.885. The molecule has 1 aromatic heterocycles. The lowest BCUT2D eigenvalue weighted by molar-refractivity contribution is -0.132. The van der Waals surface area contributed by atoms with Crippen LogP contribution in [0.2, 0.25) is 0 Å². The van der Waals surface area contributed by atoms with Gasteiger partial charge in [0.15, 0.2) is 5.13 Å². The Kier molecular flexibility index (Phi) is 10.00. The van der Waals surface area contributed by atoms with Gasteiger partial charge in [-0.3, -0.25) is 4.79 Å². The smallest absolute Gasteiger partial charge is 0.239 e. The molecule has 0 aliphatic carbocycles. The van der Waals surface area contributed by atoms with Gasteiger partial charge in [0, 0.05) is 37.8 Å². The molecular formula is C14H26Cl2N4OS. The average molecular weight is 369 g/mol. The van der Waals surface area contributed by atoms with Crippen LogP contribution in [0.3, 0.4) is 0 Å². The second-order valence-electron chi connectivity index (χ2n) is 5.72. The summed E-state index contributed by atoms with van der Waals surface area (Å²) in [6.45, 7) is 7.53. The minimum atomic E-state index is -0.360. The van der Waals surface area contributed by atoms with Crippen molar-refractivity contribution >= 4 is 47.2 Å². The summed E-state index contributed by atoms with van der Waals surface area (Å²) in [6, 6.07) is -0.360. The first kappa shape index (κ1) is 21.4. The molecule has 1 aromatic rings. The Labute approximate surface area is 149 Å². The molecule has 128 valence electrons. The molecule has 0 spiro atoms. The van der Waals surface area contributed by atoms with E-state index < -0.39 is 0 Å². The highest BCUT2D eigenvalue weighted by atomic mass is 35.5. The van der Waals surface area contributed by atoms with E-state index in [9.17, 15) is 4.79 Å². The fourth-order valence-corrected chi connectivity index (χ4v) is 3.24.